The molecule has 5 nitrogen and oxygen atoms in total. The number of Topliss-reactive ketones (excluding diaryl/α,β-unsaturated/α-hetero) is 1. The zero-order chi connectivity index (χ0) is 22.5. The van der Waals surface area contributed by atoms with Crippen molar-refractivity contribution in [2.45, 2.75) is 39.0 Å². The van der Waals surface area contributed by atoms with Gasteiger partial charge in [-0.1, -0.05) is 54.6 Å². The van der Waals surface area contributed by atoms with Crippen molar-refractivity contribution >= 4 is 5.78 Å². The molecule has 0 aliphatic carbocycles. The molecule has 166 valence electrons. The number of ketones is 1. The Hall–Kier alpha value is -2.86. The molecule has 0 bridgehead atoms. The van der Waals surface area contributed by atoms with Crippen LogP contribution in [0.25, 0.3) is 11.1 Å². The van der Waals surface area contributed by atoms with Gasteiger partial charge >= 0.3 is 0 Å². The monoisotopic (exact) mass is 429 g/mol. The van der Waals surface area contributed by atoms with Gasteiger partial charge in [-0.05, 0) is 36.6 Å². The van der Waals surface area contributed by atoms with Crippen molar-refractivity contribution in [1.82, 2.24) is 14.8 Å². The Morgan fingerprint density at radius 2 is 1.69 bits per heavy atom. The number of carbonyl (C=O) groups excluding carboxylic acids is 1. The second-order valence-corrected chi connectivity index (χ2v) is 8.74. The highest BCUT2D eigenvalue weighted by Crippen LogP contribution is 2.26. The Balaban J connectivity index is 1.42. The lowest BCUT2D eigenvalue weighted by Crippen LogP contribution is -2.55. The molecule has 2 heterocycles. The van der Waals surface area contributed by atoms with Crippen molar-refractivity contribution in [3.05, 3.63) is 89.7 Å². The molecule has 1 saturated heterocycles. The van der Waals surface area contributed by atoms with Gasteiger partial charge in [0.15, 0.2) is 5.78 Å². The SMILES string of the molecule is C[C@@H]1CN(Cc2ccccc2-c2cccnc2)C[C@H](C)N1Cc1ccc(C(=O)CO)cc1. The van der Waals surface area contributed by atoms with E-state index in [4.69, 9.17) is 5.11 Å². The third-order valence-corrected chi connectivity index (χ3v) is 6.35. The highest BCUT2D eigenvalue weighted by atomic mass is 16.3. The summed E-state index contributed by atoms with van der Waals surface area (Å²) in [6.07, 6.45) is 3.74. The number of carbonyl (C=O) groups is 1. The van der Waals surface area contributed by atoms with Gasteiger partial charge in [-0.2, -0.15) is 0 Å². The molecule has 32 heavy (non-hydrogen) atoms. The van der Waals surface area contributed by atoms with E-state index in [0.717, 1.165) is 31.7 Å². The lowest BCUT2D eigenvalue weighted by Gasteiger charge is -2.44. The molecule has 1 aliphatic rings. The molecule has 5 heteroatoms. The molecule has 4 rings (SSSR count). The normalized spacial score (nSPS) is 19.7. The van der Waals surface area contributed by atoms with Gasteiger partial charge in [0.05, 0.1) is 0 Å². The van der Waals surface area contributed by atoms with E-state index < -0.39 is 6.61 Å². The van der Waals surface area contributed by atoms with Gasteiger partial charge in [0.1, 0.15) is 6.61 Å². The van der Waals surface area contributed by atoms with Gasteiger partial charge in [0.25, 0.3) is 0 Å². The number of piperazine rings is 1. The Morgan fingerprint density at radius 3 is 2.34 bits per heavy atom. The van der Waals surface area contributed by atoms with Crippen LogP contribution in [-0.4, -0.2) is 57.5 Å². The second-order valence-electron chi connectivity index (χ2n) is 8.74. The third kappa shape index (κ3) is 5.13. The molecule has 1 aliphatic heterocycles. The van der Waals surface area contributed by atoms with Gasteiger partial charge in [-0.3, -0.25) is 19.6 Å². The van der Waals surface area contributed by atoms with Crippen LogP contribution < -0.4 is 0 Å². The first-order chi connectivity index (χ1) is 15.5. The van der Waals surface area contributed by atoms with Crippen LogP contribution >= 0.6 is 0 Å². The Morgan fingerprint density at radius 1 is 0.969 bits per heavy atom. The molecule has 3 aromatic rings. The summed E-state index contributed by atoms with van der Waals surface area (Å²) in [6.45, 7) is 7.93. The first-order valence-corrected chi connectivity index (χ1v) is 11.2. The van der Waals surface area contributed by atoms with Crippen molar-refractivity contribution in [3.63, 3.8) is 0 Å². The van der Waals surface area contributed by atoms with Gasteiger partial charge in [-0.15, -0.1) is 0 Å². The van der Waals surface area contributed by atoms with E-state index in [-0.39, 0.29) is 5.78 Å². The van der Waals surface area contributed by atoms with E-state index in [2.05, 4.69) is 59.0 Å². The highest BCUT2D eigenvalue weighted by Gasteiger charge is 2.29. The topological polar surface area (TPSA) is 56.7 Å². The predicted molar refractivity (Wildman–Crippen MR) is 127 cm³/mol. The van der Waals surface area contributed by atoms with Crippen LogP contribution in [-0.2, 0) is 13.1 Å². The Labute approximate surface area is 190 Å². The number of nitrogens with zero attached hydrogens (tertiary/aromatic N) is 3. The summed E-state index contributed by atoms with van der Waals surface area (Å²) in [5, 5.41) is 9.03. The number of pyridine rings is 1. The molecular formula is C27H31N3O2. The summed E-state index contributed by atoms with van der Waals surface area (Å²) in [5.74, 6) is -0.238. The number of aliphatic hydroxyl groups excluding tert-OH is 1. The molecule has 0 radical (unpaired) electrons. The van der Waals surface area contributed by atoms with Crippen molar-refractivity contribution in [1.29, 1.82) is 0 Å². The first-order valence-electron chi connectivity index (χ1n) is 11.2. The molecule has 1 aromatic heterocycles. The second kappa shape index (κ2) is 10.2. The van der Waals surface area contributed by atoms with Crippen molar-refractivity contribution < 1.29 is 9.90 Å². The number of hydrogen-bond donors (Lipinski definition) is 1. The summed E-state index contributed by atoms with van der Waals surface area (Å²) in [7, 11) is 0. The van der Waals surface area contributed by atoms with Gasteiger partial charge in [-0.25, -0.2) is 0 Å². The van der Waals surface area contributed by atoms with E-state index in [0.29, 0.717) is 17.6 Å². The van der Waals surface area contributed by atoms with Crippen LogP contribution in [0.3, 0.4) is 0 Å². The molecule has 0 saturated carbocycles. The molecule has 2 aromatic carbocycles. The van der Waals surface area contributed by atoms with Crippen molar-refractivity contribution in [2.24, 2.45) is 0 Å². The van der Waals surface area contributed by atoms with Crippen LogP contribution in [0, 0.1) is 0 Å². The summed E-state index contributed by atoms with van der Waals surface area (Å²) in [5.41, 5.74) is 5.49. The summed E-state index contributed by atoms with van der Waals surface area (Å²) in [4.78, 5) is 21.0. The predicted octanol–water partition coefficient (Wildman–Crippen LogP) is 4.02. The van der Waals surface area contributed by atoms with Crippen molar-refractivity contribution in [3.8, 4) is 11.1 Å². The molecule has 1 fully saturated rings. The first kappa shape index (κ1) is 22.3. The van der Waals surface area contributed by atoms with Crippen molar-refractivity contribution in [2.75, 3.05) is 19.7 Å². The summed E-state index contributed by atoms with van der Waals surface area (Å²) in [6, 6.07) is 21.2. The third-order valence-electron chi connectivity index (χ3n) is 6.35. The Kier molecular flexibility index (Phi) is 7.10. The molecule has 0 unspecified atom stereocenters. The average molecular weight is 430 g/mol. The van der Waals surface area contributed by atoms with Gasteiger partial charge in [0.2, 0.25) is 0 Å². The average Bonchev–Trinajstić information content (AvgIpc) is 2.82. The zero-order valence-corrected chi connectivity index (χ0v) is 18.8. The van der Waals surface area contributed by atoms with Crippen LogP contribution in [0.4, 0.5) is 0 Å². The number of rotatable bonds is 7. The van der Waals surface area contributed by atoms with Crippen LogP contribution in [0.2, 0.25) is 0 Å². The van der Waals surface area contributed by atoms with E-state index in [1.54, 1.807) is 0 Å². The number of benzene rings is 2. The van der Waals surface area contributed by atoms with E-state index in [9.17, 15) is 4.79 Å². The lowest BCUT2D eigenvalue weighted by molar-refractivity contribution is 0.0291. The maximum Gasteiger partial charge on any atom is 0.188 e. The maximum absolute atomic E-state index is 11.7. The zero-order valence-electron chi connectivity index (χ0n) is 18.8. The minimum atomic E-state index is -0.445. The lowest BCUT2D eigenvalue weighted by atomic mass is 9.99. The van der Waals surface area contributed by atoms with E-state index in [1.807, 2.05) is 42.7 Å². The molecular weight excluding hydrogens is 398 g/mol. The van der Waals surface area contributed by atoms with E-state index >= 15 is 0 Å². The maximum atomic E-state index is 11.7. The smallest absolute Gasteiger partial charge is 0.188 e. The fraction of sp³-hybridized carbons (Fsp3) is 0.333. The fourth-order valence-electron chi connectivity index (χ4n) is 4.71. The number of hydrogen-bond acceptors (Lipinski definition) is 5. The minimum Gasteiger partial charge on any atom is -0.388 e. The minimum absolute atomic E-state index is 0.238. The molecule has 0 spiro atoms. The summed E-state index contributed by atoms with van der Waals surface area (Å²) < 4.78 is 0. The number of aliphatic hydroxyl groups is 1. The summed E-state index contributed by atoms with van der Waals surface area (Å²) >= 11 is 0. The van der Waals surface area contributed by atoms with Crippen LogP contribution in [0.15, 0.2) is 73.1 Å². The largest absolute Gasteiger partial charge is 0.388 e. The quantitative estimate of drug-likeness (QED) is 0.575. The standard InChI is InChI=1S/C27H31N3O2/c1-20-15-29(18-25-6-3-4-8-26(25)24-7-5-13-28-14-24)16-21(2)30(20)17-22-9-11-23(12-10-22)27(32)19-31/h3-14,20-21,31H,15-19H2,1-2H3/t20-,21+. The molecule has 1 N–H and O–H groups in total. The Bertz CT molecular complexity index is 1020. The van der Waals surface area contributed by atoms with E-state index in [1.165, 1.54) is 16.7 Å². The number of aromatic nitrogens is 1. The van der Waals surface area contributed by atoms with Crippen LogP contribution in [0.5, 0.6) is 0 Å². The molecule has 2 atom stereocenters. The van der Waals surface area contributed by atoms with Gasteiger partial charge < -0.3 is 5.11 Å². The molecule has 0 amide bonds. The van der Waals surface area contributed by atoms with Gasteiger partial charge in [0, 0.05) is 61.8 Å². The van der Waals surface area contributed by atoms with Crippen LogP contribution in [0.1, 0.15) is 35.3 Å². The highest BCUT2D eigenvalue weighted by molar-refractivity contribution is 5.96. The fourth-order valence-corrected chi connectivity index (χ4v) is 4.71.